The van der Waals surface area contributed by atoms with Crippen LogP contribution in [0.15, 0.2) is 24.3 Å². The molecule has 2 N–H and O–H groups in total. The maximum atomic E-state index is 12.3. The van der Waals surface area contributed by atoms with Crippen LogP contribution in [0.2, 0.25) is 0 Å². The number of nitrogens with one attached hydrogen (secondary N) is 2. The van der Waals surface area contributed by atoms with Crippen molar-refractivity contribution in [3.05, 3.63) is 24.3 Å². The van der Waals surface area contributed by atoms with Crippen molar-refractivity contribution in [3.8, 4) is 0 Å². The van der Waals surface area contributed by atoms with E-state index in [2.05, 4.69) is 36.3 Å². The zero-order valence-electron chi connectivity index (χ0n) is 16.5. The van der Waals surface area contributed by atoms with Gasteiger partial charge in [0.25, 0.3) is 0 Å². The maximum absolute atomic E-state index is 12.3. The van der Waals surface area contributed by atoms with Crippen molar-refractivity contribution in [1.29, 1.82) is 0 Å². The summed E-state index contributed by atoms with van der Waals surface area (Å²) in [6, 6.07) is 7.05. The smallest absolute Gasteiger partial charge is 0.319 e. The first-order valence-corrected chi connectivity index (χ1v) is 8.57. The van der Waals surface area contributed by atoms with Crippen molar-refractivity contribution in [2.75, 3.05) is 37.9 Å². The van der Waals surface area contributed by atoms with E-state index in [4.69, 9.17) is 0 Å². The standard InChI is InChI=1S/C19H32N4O2/c1-14(24)23(7)16-10-8-15(9-11-16)20-18(25)21-17(19(2,3)4)12-13-22(5)6/h8-11,17H,12-13H2,1-7H3,(H2,20,21,25)/t17-/m1/s1. The van der Waals surface area contributed by atoms with Gasteiger partial charge in [0.1, 0.15) is 0 Å². The highest BCUT2D eigenvalue weighted by atomic mass is 16.2. The molecule has 1 atom stereocenters. The lowest BCUT2D eigenvalue weighted by Gasteiger charge is -2.32. The normalized spacial score (nSPS) is 12.6. The van der Waals surface area contributed by atoms with Gasteiger partial charge < -0.3 is 20.4 Å². The summed E-state index contributed by atoms with van der Waals surface area (Å²) in [6.45, 7) is 8.80. The molecule has 0 aliphatic rings. The number of urea groups is 1. The highest BCUT2D eigenvalue weighted by Crippen LogP contribution is 2.22. The minimum absolute atomic E-state index is 0.0264. The third kappa shape index (κ3) is 7.13. The first-order valence-electron chi connectivity index (χ1n) is 8.57. The number of carbonyl (C=O) groups is 2. The van der Waals surface area contributed by atoms with Gasteiger partial charge in [-0.3, -0.25) is 4.79 Å². The Morgan fingerprint density at radius 2 is 1.64 bits per heavy atom. The molecule has 1 rings (SSSR count). The first kappa shape index (κ1) is 21.0. The van der Waals surface area contributed by atoms with Crippen molar-refractivity contribution in [2.45, 2.75) is 40.2 Å². The number of hydrogen-bond donors (Lipinski definition) is 2. The fraction of sp³-hybridized carbons (Fsp3) is 0.579. The second kappa shape index (κ2) is 8.85. The van der Waals surface area contributed by atoms with Gasteiger partial charge in [0, 0.05) is 31.4 Å². The van der Waals surface area contributed by atoms with E-state index in [0.29, 0.717) is 5.69 Å². The van der Waals surface area contributed by atoms with E-state index in [1.54, 1.807) is 24.1 Å². The number of benzene rings is 1. The van der Waals surface area contributed by atoms with Crippen LogP contribution in [0.4, 0.5) is 16.2 Å². The van der Waals surface area contributed by atoms with Gasteiger partial charge in [0.2, 0.25) is 5.91 Å². The van der Waals surface area contributed by atoms with Crippen LogP contribution in [0, 0.1) is 5.41 Å². The van der Waals surface area contributed by atoms with Crippen LogP contribution in [0.5, 0.6) is 0 Å². The van der Waals surface area contributed by atoms with Gasteiger partial charge in [-0.15, -0.1) is 0 Å². The van der Waals surface area contributed by atoms with Gasteiger partial charge in [0.05, 0.1) is 0 Å². The molecule has 0 bridgehead atoms. The molecule has 140 valence electrons. The van der Waals surface area contributed by atoms with E-state index in [-0.39, 0.29) is 23.4 Å². The number of nitrogens with zero attached hydrogens (tertiary/aromatic N) is 2. The fourth-order valence-corrected chi connectivity index (χ4v) is 2.38. The minimum atomic E-state index is -0.216. The number of hydrogen-bond acceptors (Lipinski definition) is 3. The van der Waals surface area contributed by atoms with Crippen LogP contribution < -0.4 is 15.5 Å². The third-order valence-electron chi connectivity index (χ3n) is 4.20. The topological polar surface area (TPSA) is 64.7 Å². The number of amides is 3. The van der Waals surface area contributed by atoms with E-state index < -0.39 is 0 Å². The summed E-state index contributed by atoms with van der Waals surface area (Å²) in [5.74, 6) is -0.0348. The van der Waals surface area contributed by atoms with Crippen molar-refractivity contribution >= 4 is 23.3 Å². The monoisotopic (exact) mass is 348 g/mol. The molecule has 0 aliphatic carbocycles. The van der Waals surface area contributed by atoms with Crippen LogP contribution >= 0.6 is 0 Å². The molecule has 25 heavy (non-hydrogen) atoms. The second-order valence-corrected chi connectivity index (χ2v) is 7.73. The van der Waals surface area contributed by atoms with Crippen molar-refractivity contribution in [1.82, 2.24) is 10.2 Å². The highest BCUT2D eigenvalue weighted by Gasteiger charge is 2.26. The van der Waals surface area contributed by atoms with E-state index in [1.165, 1.54) is 6.92 Å². The Morgan fingerprint density at radius 1 is 1.08 bits per heavy atom. The molecule has 0 saturated heterocycles. The average Bonchev–Trinajstić information content (AvgIpc) is 2.50. The van der Waals surface area contributed by atoms with Gasteiger partial charge in [0.15, 0.2) is 0 Å². The zero-order chi connectivity index (χ0) is 19.2. The molecule has 0 aromatic heterocycles. The van der Waals surface area contributed by atoms with Crippen LogP contribution in [0.3, 0.4) is 0 Å². The Bertz CT molecular complexity index is 576. The predicted molar refractivity (Wildman–Crippen MR) is 104 cm³/mol. The summed E-state index contributed by atoms with van der Waals surface area (Å²) >= 11 is 0. The lowest BCUT2D eigenvalue weighted by Crippen LogP contribution is -2.46. The fourth-order valence-electron chi connectivity index (χ4n) is 2.38. The molecule has 6 heteroatoms. The summed E-state index contributed by atoms with van der Waals surface area (Å²) in [5.41, 5.74) is 1.46. The van der Waals surface area contributed by atoms with Gasteiger partial charge >= 0.3 is 6.03 Å². The maximum Gasteiger partial charge on any atom is 0.319 e. The van der Waals surface area contributed by atoms with E-state index in [0.717, 1.165) is 18.7 Å². The van der Waals surface area contributed by atoms with Gasteiger partial charge in [-0.2, -0.15) is 0 Å². The molecular weight excluding hydrogens is 316 g/mol. The predicted octanol–water partition coefficient (Wildman–Crippen LogP) is 3.16. The summed E-state index contributed by atoms with van der Waals surface area (Å²) in [4.78, 5) is 27.4. The SMILES string of the molecule is CC(=O)N(C)c1ccc(NC(=O)N[C@H](CCN(C)C)C(C)(C)C)cc1. The molecule has 6 nitrogen and oxygen atoms in total. The van der Waals surface area contributed by atoms with Crippen LogP contribution in [-0.2, 0) is 4.79 Å². The largest absolute Gasteiger partial charge is 0.335 e. The van der Waals surface area contributed by atoms with E-state index in [1.807, 2.05) is 26.2 Å². The average molecular weight is 348 g/mol. The molecular formula is C19H32N4O2. The lowest BCUT2D eigenvalue weighted by molar-refractivity contribution is -0.116. The number of anilines is 2. The van der Waals surface area contributed by atoms with E-state index in [9.17, 15) is 9.59 Å². The lowest BCUT2D eigenvalue weighted by atomic mass is 9.84. The van der Waals surface area contributed by atoms with Crippen LogP contribution in [-0.4, -0.2) is 50.6 Å². The Balaban J connectivity index is 2.69. The molecule has 1 aromatic rings. The summed E-state index contributed by atoms with van der Waals surface area (Å²) in [5, 5.41) is 5.94. The molecule has 0 saturated carbocycles. The molecule has 0 unspecified atom stereocenters. The van der Waals surface area contributed by atoms with Gasteiger partial charge in [-0.05, 0) is 56.7 Å². The number of rotatable bonds is 6. The quantitative estimate of drug-likeness (QED) is 0.830. The van der Waals surface area contributed by atoms with Crippen molar-refractivity contribution < 1.29 is 9.59 Å². The molecule has 0 heterocycles. The van der Waals surface area contributed by atoms with Crippen LogP contribution in [0.25, 0.3) is 0 Å². The first-order chi connectivity index (χ1) is 11.5. The van der Waals surface area contributed by atoms with Crippen LogP contribution in [0.1, 0.15) is 34.1 Å². The molecule has 0 fully saturated rings. The zero-order valence-corrected chi connectivity index (χ0v) is 16.5. The summed E-state index contributed by atoms with van der Waals surface area (Å²) in [7, 11) is 5.77. The minimum Gasteiger partial charge on any atom is -0.335 e. The summed E-state index contributed by atoms with van der Waals surface area (Å²) < 4.78 is 0. The Morgan fingerprint density at radius 3 is 2.08 bits per heavy atom. The Labute approximate surface area is 151 Å². The molecule has 0 radical (unpaired) electrons. The Hall–Kier alpha value is -2.08. The summed E-state index contributed by atoms with van der Waals surface area (Å²) in [6.07, 6.45) is 0.881. The highest BCUT2D eigenvalue weighted by molar-refractivity contribution is 5.92. The third-order valence-corrected chi connectivity index (χ3v) is 4.20. The molecule has 1 aromatic carbocycles. The van der Waals surface area contributed by atoms with Gasteiger partial charge in [-0.25, -0.2) is 4.79 Å². The molecule has 3 amide bonds. The second-order valence-electron chi connectivity index (χ2n) is 7.73. The van der Waals surface area contributed by atoms with E-state index >= 15 is 0 Å². The van der Waals surface area contributed by atoms with Crippen molar-refractivity contribution in [3.63, 3.8) is 0 Å². The van der Waals surface area contributed by atoms with Crippen molar-refractivity contribution in [2.24, 2.45) is 5.41 Å². The van der Waals surface area contributed by atoms with Gasteiger partial charge in [-0.1, -0.05) is 20.8 Å². The Kier molecular flexibility index (Phi) is 7.42. The molecule has 0 aliphatic heterocycles. The molecule has 0 spiro atoms. The number of carbonyl (C=O) groups excluding carboxylic acids is 2.